The molecule has 67 heavy (non-hydrogen) atoms. The van der Waals surface area contributed by atoms with Crippen LogP contribution < -0.4 is 16.5 Å². The summed E-state index contributed by atoms with van der Waals surface area (Å²) in [5, 5.41) is 13.0. The Morgan fingerprint density at radius 3 is 2.39 bits per heavy atom. The molecule has 7 heterocycles. The molecule has 0 spiro atoms. The normalized spacial score (nSPS) is 22.1. The zero-order chi connectivity index (χ0) is 46.8. The largest absolute Gasteiger partial charge is 0.427 e. The highest BCUT2D eigenvalue weighted by Gasteiger charge is 2.62. The van der Waals surface area contributed by atoms with E-state index < -0.39 is 48.1 Å². The van der Waals surface area contributed by atoms with Crippen molar-refractivity contribution in [3.8, 4) is 17.2 Å². The van der Waals surface area contributed by atoms with Gasteiger partial charge in [0.2, 0.25) is 0 Å². The van der Waals surface area contributed by atoms with E-state index in [1.807, 2.05) is 39.0 Å². The number of alkyl halides is 3. The molecule has 3 fully saturated rings. The molecule has 11 rings (SSSR count). The Morgan fingerprint density at radius 2 is 1.70 bits per heavy atom. The molecule has 7 aromatic rings. The summed E-state index contributed by atoms with van der Waals surface area (Å²) in [5.41, 5.74) is 6.95. The summed E-state index contributed by atoms with van der Waals surface area (Å²) in [6.45, 7) is 7.91. The number of hydrogen-bond donors (Lipinski definition) is 2. The van der Waals surface area contributed by atoms with Crippen LogP contribution in [0.25, 0.3) is 39.0 Å². The van der Waals surface area contributed by atoms with Gasteiger partial charge in [-0.2, -0.15) is 23.4 Å². The van der Waals surface area contributed by atoms with Crippen molar-refractivity contribution >= 4 is 45.4 Å². The molecule has 4 atom stereocenters. The van der Waals surface area contributed by atoms with E-state index in [2.05, 4.69) is 45.6 Å². The number of halogens is 5. The first-order valence-corrected chi connectivity index (χ1v) is 22.6. The average Bonchev–Trinajstić information content (AvgIpc) is 3.94. The molecule has 1 unspecified atom stereocenters. The van der Waals surface area contributed by atoms with Gasteiger partial charge in [0.25, 0.3) is 5.91 Å². The summed E-state index contributed by atoms with van der Waals surface area (Å²) < 4.78 is 68.6. The van der Waals surface area contributed by atoms with Gasteiger partial charge in [-0.05, 0) is 111 Å². The Morgan fingerprint density at radius 1 is 0.985 bits per heavy atom. The van der Waals surface area contributed by atoms with Gasteiger partial charge in [0.05, 0.1) is 45.7 Å². The minimum Gasteiger partial charge on any atom is -0.381 e. The number of rotatable bonds is 8. The Bertz CT molecular complexity index is 3230. The van der Waals surface area contributed by atoms with Crippen LogP contribution >= 0.6 is 11.6 Å². The standard InChI is InChI=1S/C47H45ClF4N10O5/c1-24-17-31(18-25(2)39(24)48)62-41(59-14-13-58(45(59)65)36-8-7-35-32(40(36)49)22-53-60(35)23-47(50,51)52)38-27(4)57(12-9-33(38)55-62)42(63)37-20-30-19-29(28-10-15-66-16-11-28)5-6-34(30)61(37)46(21-26(46)3)43-54-44(64)67-56-43/h5-8,13-14,17-20,22,26-28,43,56H,9-12,15-16,21,23H2,1-4H3,(H,54,64)/t26-,27-,43?,46-/m0/s1. The quantitative estimate of drug-likeness (QED) is 0.146. The minimum atomic E-state index is -4.59. The molecule has 1 aliphatic carbocycles. The van der Waals surface area contributed by atoms with E-state index in [0.29, 0.717) is 70.1 Å². The van der Waals surface area contributed by atoms with Crippen molar-refractivity contribution in [2.24, 2.45) is 5.92 Å². The Hall–Kier alpha value is -6.44. The molecule has 2 saturated heterocycles. The van der Waals surface area contributed by atoms with Crippen molar-refractivity contribution in [2.75, 3.05) is 19.8 Å². The van der Waals surface area contributed by atoms with E-state index in [9.17, 15) is 22.8 Å². The van der Waals surface area contributed by atoms with Crippen LogP contribution in [0.3, 0.4) is 0 Å². The van der Waals surface area contributed by atoms with E-state index in [4.69, 9.17) is 26.3 Å². The fourth-order valence-electron chi connectivity index (χ4n) is 10.8. The third kappa shape index (κ3) is 6.86. The number of imidazole rings is 1. The van der Waals surface area contributed by atoms with E-state index >= 15 is 9.18 Å². The number of fused-ring (bicyclic) bond motifs is 3. The van der Waals surface area contributed by atoms with Crippen LogP contribution in [0.5, 0.6) is 0 Å². The van der Waals surface area contributed by atoms with E-state index in [1.54, 1.807) is 9.58 Å². The number of ether oxygens (including phenoxy) is 1. The molecule has 4 aliphatic rings. The van der Waals surface area contributed by atoms with Crippen LogP contribution in [0.4, 0.5) is 22.4 Å². The number of nitrogens with zero attached hydrogens (tertiary/aromatic N) is 8. The van der Waals surface area contributed by atoms with Gasteiger partial charge in [0.15, 0.2) is 5.82 Å². The van der Waals surface area contributed by atoms with Crippen LogP contribution in [0, 0.1) is 25.6 Å². The van der Waals surface area contributed by atoms with Crippen LogP contribution in [0.2, 0.25) is 5.02 Å². The van der Waals surface area contributed by atoms with Crippen LogP contribution in [0.15, 0.2) is 71.9 Å². The maximum Gasteiger partial charge on any atom is 0.427 e. The van der Waals surface area contributed by atoms with Gasteiger partial charge < -0.3 is 19.0 Å². The van der Waals surface area contributed by atoms with Gasteiger partial charge in [0.1, 0.15) is 24.2 Å². The Kier molecular flexibility index (Phi) is 10.0. The van der Waals surface area contributed by atoms with Gasteiger partial charge >= 0.3 is 18.0 Å². The van der Waals surface area contributed by atoms with Crippen LogP contribution in [-0.4, -0.2) is 82.3 Å². The molecule has 2 amide bonds. The zero-order valence-corrected chi connectivity index (χ0v) is 37.6. The molecule has 348 valence electrons. The number of aryl methyl sites for hydroxylation is 2. The zero-order valence-electron chi connectivity index (χ0n) is 36.8. The maximum absolute atomic E-state index is 16.3. The Labute approximate surface area is 384 Å². The summed E-state index contributed by atoms with van der Waals surface area (Å²) in [6, 6.07) is 13.8. The van der Waals surface area contributed by atoms with E-state index in [-0.39, 0.29) is 35.0 Å². The number of aromatic nitrogens is 7. The second-order valence-corrected chi connectivity index (χ2v) is 18.6. The summed E-state index contributed by atoms with van der Waals surface area (Å²) in [4.78, 5) is 49.6. The highest BCUT2D eigenvalue weighted by molar-refractivity contribution is 6.32. The predicted molar refractivity (Wildman–Crippen MR) is 238 cm³/mol. The molecular weight excluding hydrogens is 896 g/mol. The minimum absolute atomic E-state index is 0.0448. The number of carbonyl (C=O) groups is 2. The monoisotopic (exact) mass is 940 g/mol. The van der Waals surface area contributed by atoms with Gasteiger partial charge in [-0.15, -0.1) is 5.48 Å². The average molecular weight is 941 g/mol. The number of amides is 2. The van der Waals surface area contributed by atoms with E-state index in [1.165, 1.54) is 29.1 Å². The first-order chi connectivity index (χ1) is 32.0. The summed E-state index contributed by atoms with van der Waals surface area (Å²) >= 11 is 6.63. The van der Waals surface area contributed by atoms with Crippen molar-refractivity contribution in [1.82, 2.24) is 49.0 Å². The highest BCUT2D eigenvalue weighted by Crippen LogP contribution is 2.55. The van der Waals surface area contributed by atoms with Gasteiger partial charge in [-0.25, -0.2) is 18.7 Å². The molecule has 3 aliphatic heterocycles. The van der Waals surface area contributed by atoms with Crippen molar-refractivity contribution in [3.63, 3.8) is 0 Å². The topological polar surface area (TPSA) is 147 Å². The number of hydroxylamine groups is 1. The first-order valence-electron chi connectivity index (χ1n) is 22.2. The van der Waals surface area contributed by atoms with Crippen molar-refractivity contribution < 1.29 is 36.7 Å². The smallest absolute Gasteiger partial charge is 0.381 e. The van der Waals surface area contributed by atoms with Crippen LogP contribution in [0.1, 0.15) is 83.5 Å². The molecule has 4 aromatic heterocycles. The van der Waals surface area contributed by atoms with Gasteiger partial charge in [-0.1, -0.05) is 24.6 Å². The predicted octanol–water partition coefficient (Wildman–Crippen LogP) is 8.05. The Balaban J connectivity index is 1.04. The first kappa shape index (κ1) is 43.1. The molecule has 3 aromatic carbocycles. The number of nitrogens with one attached hydrogen (secondary N) is 2. The van der Waals surface area contributed by atoms with E-state index in [0.717, 1.165) is 51.2 Å². The number of benzene rings is 3. The third-order valence-corrected chi connectivity index (χ3v) is 14.8. The second kappa shape index (κ2) is 15.6. The lowest BCUT2D eigenvalue weighted by Crippen LogP contribution is -2.49. The molecule has 1 saturated carbocycles. The van der Waals surface area contributed by atoms with Crippen LogP contribution in [-0.2, 0) is 28.1 Å². The lowest BCUT2D eigenvalue weighted by molar-refractivity contribution is -0.141. The lowest BCUT2D eigenvalue weighted by Gasteiger charge is -2.35. The highest BCUT2D eigenvalue weighted by atomic mass is 35.5. The number of hydrogen-bond acceptors (Lipinski definition) is 8. The molecule has 2 N–H and O–H groups in total. The fourth-order valence-corrected chi connectivity index (χ4v) is 10.9. The summed E-state index contributed by atoms with van der Waals surface area (Å²) in [5.74, 6) is -0.528. The SMILES string of the molecule is Cc1cc(-n2nc3c(c2-n2ccn(-c4ccc5c(cnn5CC(F)(F)F)c4F)c2=O)[C@H](C)N(C(=O)c2cc4cc(C5CCOCC5)ccc4n2[C@@]2(C4NOC(=O)N4)C[C@@H]2C)CC3)cc(C)c1Cl. The summed E-state index contributed by atoms with van der Waals surface area (Å²) in [7, 11) is 0. The van der Waals surface area contributed by atoms with Gasteiger partial charge in [0, 0.05) is 60.1 Å². The molecule has 15 nitrogen and oxygen atoms in total. The maximum atomic E-state index is 16.3. The molecule has 20 heteroatoms. The van der Waals surface area contributed by atoms with Crippen molar-refractivity contribution in [2.45, 2.75) is 89.8 Å². The second-order valence-electron chi connectivity index (χ2n) is 18.2. The molecule has 0 radical (unpaired) electrons. The van der Waals surface area contributed by atoms with Crippen molar-refractivity contribution in [1.29, 1.82) is 0 Å². The number of carbonyl (C=O) groups excluding carboxylic acids is 2. The summed E-state index contributed by atoms with van der Waals surface area (Å²) in [6.07, 6.45) is 0.815. The third-order valence-electron chi connectivity index (χ3n) is 14.2. The fraction of sp³-hybridized carbons (Fsp3) is 0.383. The van der Waals surface area contributed by atoms with Gasteiger partial charge in [-0.3, -0.25) is 23.9 Å². The lowest BCUT2D eigenvalue weighted by atomic mass is 9.91. The van der Waals surface area contributed by atoms with Crippen molar-refractivity contribution in [3.05, 3.63) is 122 Å². The molecular formula is C47H45ClF4N10O5. The molecule has 0 bridgehead atoms.